The molecule has 0 bridgehead atoms. The number of carbonyl (C=O) groups excluding carboxylic acids is 1. The van der Waals surface area contributed by atoms with E-state index >= 15 is 0 Å². The number of anilines is 1. The quantitative estimate of drug-likeness (QED) is 0.749. The highest BCUT2D eigenvalue weighted by Gasteiger charge is 2.25. The maximum Gasteiger partial charge on any atom is 0.254 e. The smallest absolute Gasteiger partial charge is 0.254 e. The van der Waals surface area contributed by atoms with Crippen molar-refractivity contribution in [3.63, 3.8) is 0 Å². The van der Waals surface area contributed by atoms with Crippen LogP contribution in [0.25, 0.3) is 0 Å². The van der Waals surface area contributed by atoms with Crippen molar-refractivity contribution in [3.05, 3.63) is 29.6 Å². The Kier molecular flexibility index (Phi) is 3.28. The molecule has 1 amide bonds. The molecule has 1 aromatic rings. The van der Waals surface area contributed by atoms with Crippen molar-refractivity contribution in [2.45, 2.75) is 13.0 Å². The van der Waals surface area contributed by atoms with Crippen molar-refractivity contribution in [2.24, 2.45) is 0 Å². The number of morpholine rings is 1. The third-order valence-electron chi connectivity index (χ3n) is 2.80. The SMILES string of the molecule is C[C@@H]1COCCN1C(=O)c1cc(N)cc(F)c1. The average Bonchev–Trinajstić information content (AvgIpc) is 2.27. The van der Waals surface area contributed by atoms with Gasteiger partial charge in [0, 0.05) is 17.8 Å². The van der Waals surface area contributed by atoms with Crippen LogP contribution in [0.2, 0.25) is 0 Å². The molecule has 2 rings (SSSR count). The molecule has 4 nitrogen and oxygen atoms in total. The number of hydrogen-bond donors (Lipinski definition) is 1. The highest BCUT2D eigenvalue weighted by atomic mass is 19.1. The number of ether oxygens (including phenoxy) is 1. The predicted molar refractivity (Wildman–Crippen MR) is 62.1 cm³/mol. The summed E-state index contributed by atoms with van der Waals surface area (Å²) < 4.78 is 18.4. The maximum atomic E-state index is 13.2. The minimum Gasteiger partial charge on any atom is -0.399 e. The van der Waals surface area contributed by atoms with E-state index in [1.807, 2.05) is 6.92 Å². The fraction of sp³-hybridized carbons (Fsp3) is 0.417. The Morgan fingerprint density at radius 2 is 2.29 bits per heavy atom. The molecule has 0 spiro atoms. The van der Waals surface area contributed by atoms with Crippen LogP contribution >= 0.6 is 0 Å². The normalized spacial score (nSPS) is 20.4. The van der Waals surface area contributed by atoms with Crippen molar-refractivity contribution < 1.29 is 13.9 Å². The van der Waals surface area contributed by atoms with E-state index in [9.17, 15) is 9.18 Å². The minimum absolute atomic E-state index is 0.000687. The van der Waals surface area contributed by atoms with Crippen molar-refractivity contribution in [3.8, 4) is 0 Å². The van der Waals surface area contributed by atoms with Gasteiger partial charge in [-0.3, -0.25) is 4.79 Å². The van der Waals surface area contributed by atoms with Gasteiger partial charge in [-0.25, -0.2) is 4.39 Å². The summed E-state index contributed by atoms with van der Waals surface area (Å²) in [6, 6.07) is 3.90. The van der Waals surface area contributed by atoms with Gasteiger partial charge in [-0.1, -0.05) is 0 Å². The summed E-state index contributed by atoms with van der Waals surface area (Å²) in [6.07, 6.45) is 0. The number of hydrogen-bond acceptors (Lipinski definition) is 3. The van der Waals surface area contributed by atoms with Crippen LogP contribution in [-0.4, -0.2) is 36.6 Å². The Morgan fingerprint density at radius 1 is 1.53 bits per heavy atom. The van der Waals surface area contributed by atoms with Gasteiger partial charge in [-0.15, -0.1) is 0 Å². The molecule has 1 saturated heterocycles. The van der Waals surface area contributed by atoms with Gasteiger partial charge in [0.1, 0.15) is 5.82 Å². The number of nitrogens with two attached hydrogens (primary N) is 1. The molecule has 0 radical (unpaired) electrons. The molecule has 2 N–H and O–H groups in total. The molecule has 0 aromatic heterocycles. The lowest BCUT2D eigenvalue weighted by atomic mass is 10.1. The zero-order chi connectivity index (χ0) is 12.4. The zero-order valence-corrected chi connectivity index (χ0v) is 9.65. The molecule has 0 unspecified atom stereocenters. The van der Waals surface area contributed by atoms with Crippen LogP contribution in [0.4, 0.5) is 10.1 Å². The third-order valence-corrected chi connectivity index (χ3v) is 2.80. The first-order valence-electron chi connectivity index (χ1n) is 5.52. The van der Waals surface area contributed by atoms with Crippen LogP contribution in [0.3, 0.4) is 0 Å². The summed E-state index contributed by atoms with van der Waals surface area (Å²) in [4.78, 5) is 13.8. The van der Waals surface area contributed by atoms with Crippen LogP contribution in [0.5, 0.6) is 0 Å². The molecule has 1 heterocycles. The molecule has 1 fully saturated rings. The van der Waals surface area contributed by atoms with Gasteiger partial charge in [0.15, 0.2) is 0 Å². The number of nitrogen functional groups attached to an aromatic ring is 1. The standard InChI is InChI=1S/C12H15FN2O2/c1-8-7-17-3-2-15(8)12(16)9-4-10(13)6-11(14)5-9/h4-6,8H,2-3,7,14H2,1H3/t8-/m1/s1. The summed E-state index contributed by atoms with van der Waals surface area (Å²) in [5, 5.41) is 0. The Hall–Kier alpha value is -1.62. The van der Waals surface area contributed by atoms with Gasteiger partial charge in [0.2, 0.25) is 0 Å². The van der Waals surface area contributed by atoms with Crippen molar-refractivity contribution in [2.75, 3.05) is 25.5 Å². The molecule has 0 saturated carbocycles. The Labute approximate surface area is 99.2 Å². The summed E-state index contributed by atoms with van der Waals surface area (Å²) in [6.45, 7) is 3.45. The maximum absolute atomic E-state index is 13.2. The topological polar surface area (TPSA) is 55.6 Å². The highest BCUT2D eigenvalue weighted by Crippen LogP contribution is 2.16. The lowest BCUT2D eigenvalue weighted by Crippen LogP contribution is -2.47. The molecular weight excluding hydrogens is 223 g/mol. The molecule has 5 heteroatoms. The van der Waals surface area contributed by atoms with Crippen LogP contribution in [0.1, 0.15) is 17.3 Å². The highest BCUT2D eigenvalue weighted by molar-refractivity contribution is 5.95. The molecular formula is C12H15FN2O2. The van der Waals surface area contributed by atoms with E-state index in [1.54, 1.807) is 4.90 Å². The molecule has 0 aliphatic carbocycles. The molecule has 17 heavy (non-hydrogen) atoms. The second kappa shape index (κ2) is 4.71. The molecule has 1 aliphatic heterocycles. The molecule has 1 atom stereocenters. The molecule has 1 aromatic carbocycles. The van der Waals surface area contributed by atoms with E-state index in [-0.39, 0.29) is 23.2 Å². The number of benzene rings is 1. The first-order chi connectivity index (χ1) is 8.08. The minimum atomic E-state index is -0.491. The molecule has 1 aliphatic rings. The average molecular weight is 238 g/mol. The van der Waals surface area contributed by atoms with Crippen LogP contribution in [0, 0.1) is 5.82 Å². The first-order valence-corrected chi connectivity index (χ1v) is 5.52. The fourth-order valence-corrected chi connectivity index (χ4v) is 1.93. The number of amides is 1. The Balaban J connectivity index is 2.23. The monoisotopic (exact) mass is 238 g/mol. The Morgan fingerprint density at radius 3 is 2.94 bits per heavy atom. The van der Waals surface area contributed by atoms with E-state index in [4.69, 9.17) is 10.5 Å². The van der Waals surface area contributed by atoms with Crippen molar-refractivity contribution in [1.29, 1.82) is 0 Å². The van der Waals surface area contributed by atoms with Gasteiger partial charge in [0.25, 0.3) is 5.91 Å². The van der Waals surface area contributed by atoms with Crippen LogP contribution < -0.4 is 5.73 Å². The summed E-state index contributed by atoms with van der Waals surface area (Å²) in [5.41, 5.74) is 6.07. The number of halogens is 1. The fourth-order valence-electron chi connectivity index (χ4n) is 1.93. The Bertz CT molecular complexity index is 416. The van der Waals surface area contributed by atoms with E-state index in [1.165, 1.54) is 18.2 Å². The summed E-state index contributed by atoms with van der Waals surface area (Å²) in [7, 11) is 0. The second-order valence-electron chi connectivity index (χ2n) is 4.20. The van der Waals surface area contributed by atoms with E-state index in [0.29, 0.717) is 19.8 Å². The first kappa shape index (κ1) is 11.9. The number of nitrogens with zero attached hydrogens (tertiary/aromatic N) is 1. The number of carbonyl (C=O) groups is 1. The lowest BCUT2D eigenvalue weighted by Gasteiger charge is -2.33. The third kappa shape index (κ3) is 2.55. The second-order valence-corrected chi connectivity index (χ2v) is 4.20. The van der Waals surface area contributed by atoms with E-state index in [2.05, 4.69) is 0 Å². The van der Waals surface area contributed by atoms with Crippen molar-refractivity contribution in [1.82, 2.24) is 4.90 Å². The van der Waals surface area contributed by atoms with Gasteiger partial charge in [-0.05, 0) is 25.1 Å². The van der Waals surface area contributed by atoms with Gasteiger partial charge >= 0.3 is 0 Å². The largest absolute Gasteiger partial charge is 0.399 e. The van der Waals surface area contributed by atoms with Gasteiger partial charge < -0.3 is 15.4 Å². The van der Waals surface area contributed by atoms with E-state index < -0.39 is 5.82 Å². The summed E-state index contributed by atoms with van der Waals surface area (Å²) in [5.74, 6) is -0.693. The van der Waals surface area contributed by atoms with Crippen LogP contribution in [0.15, 0.2) is 18.2 Å². The zero-order valence-electron chi connectivity index (χ0n) is 9.65. The van der Waals surface area contributed by atoms with Gasteiger partial charge in [-0.2, -0.15) is 0 Å². The molecule has 92 valence electrons. The van der Waals surface area contributed by atoms with E-state index in [0.717, 1.165) is 0 Å². The lowest BCUT2D eigenvalue weighted by molar-refractivity contribution is 0.00357. The predicted octanol–water partition coefficient (Wildman–Crippen LogP) is 1.27. The summed E-state index contributed by atoms with van der Waals surface area (Å²) >= 11 is 0. The van der Waals surface area contributed by atoms with Crippen LogP contribution in [-0.2, 0) is 4.74 Å². The number of rotatable bonds is 1. The van der Waals surface area contributed by atoms with Gasteiger partial charge in [0.05, 0.1) is 19.3 Å². The van der Waals surface area contributed by atoms with Crippen molar-refractivity contribution >= 4 is 11.6 Å².